The highest BCUT2D eigenvalue weighted by molar-refractivity contribution is 4.88. The van der Waals surface area contributed by atoms with Crippen LogP contribution in [-0.2, 0) is 0 Å². The fourth-order valence-electron chi connectivity index (χ4n) is 3.68. The van der Waals surface area contributed by atoms with Gasteiger partial charge >= 0.3 is 0 Å². The summed E-state index contributed by atoms with van der Waals surface area (Å²) < 4.78 is 0. The molecule has 2 rings (SSSR count). The van der Waals surface area contributed by atoms with E-state index in [-0.39, 0.29) is 0 Å². The molecule has 0 aliphatic heterocycles. The van der Waals surface area contributed by atoms with Crippen LogP contribution in [-0.4, -0.2) is 0 Å². The Kier molecular flexibility index (Phi) is 2.42. The highest BCUT2D eigenvalue weighted by atomic mass is 14.4. The summed E-state index contributed by atoms with van der Waals surface area (Å²) in [5.41, 5.74) is 0.689. The van der Waals surface area contributed by atoms with Crippen LogP contribution in [0.2, 0.25) is 0 Å². The Bertz CT molecular complexity index is 172. The summed E-state index contributed by atoms with van der Waals surface area (Å²) in [6.45, 7) is 7.26. The average Bonchev–Trinajstić information content (AvgIpc) is 2.31. The summed E-state index contributed by atoms with van der Waals surface area (Å²) in [5, 5.41) is 0. The summed E-state index contributed by atoms with van der Waals surface area (Å²) in [6.07, 6.45) is 9.10. The molecule has 0 saturated heterocycles. The van der Waals surface area contributed by atoms with Gasteiger partial charge in [-0.3, -0.25) is 0 Å². The van der Waals surface area contributed by atoms with Crippen molar-refractivity contribution in [2.75, 3.05) is 0 Å². The van der Waals surface area contributed by atoms with Gasteiger partial charge < -0.3 is 0 Å². The Morgan fingerprint density at radius 3 is 2.23 bits per heavy atom. The van der Waals surface area contributed by atoms with Crippen molar-refractivity contribution < 1.29 is 0 Å². The number of rotatable bonds is 2. The summed E-state index contributed by atoms with van der Waals surface area (Å²) >= 11 is 0. The van der Waals surface area contributed by atoms with Gasteiger partial charge in [0.1, 0.15) is 0 Å². The van der Waals surface area contributed by atoms with Crippen molar-refractivity contribution >= 4 is 0 Å². The molecule has 2 aliphatic carbocycles. The Balaban J connectivity index is 1.69. The van der Waals surface area contributed by atoms with Crippen molar-refractivity contribution in [1.29, 1.82) is 0 Å². The molecule has 2 unspecified atom stereocenters. The molecule has 0 amide bonds. The highest BCUT2D eigenvalue weighted by Crippen LogP contribution is 2.49. The van der Waals surface area contributed by atoms with Gasteiger partial charge in [-0.25, -0.2) is 0 Å². The monoisotopic (exact) mass is 180 g/mol. The molecule has 0 heterocycles. The summed E-state index contributed by atoms with van der Waals surface area (Å²) in [7, 11) is 0. The van der Waals surface area contributed by atoms with Gasteiger partial charge in [0.05, 0.1) is 0 Å². The molecule has 76 valence electrons. The van der Waals surface area contributed by atoms with E-state index in [0.717, 1.165) is 17.8 Å². The van der Waals surface area contributed by atoms with Gasteiger partial charge in [-0.05, 0) is 48.9 Å². The van der Waals surface area contributed by atoms with Gasteiger partial charge in [-0.15, -0.1) is 0 Å². The molecule has 0 heteroatoms. The minimum Gasteiger partial charge on any atom is -0.0625 e. The van der Waals surface area contributed by atoms with E-state index < -0.39 is 0 Å². The van der Waals surface area contributed by atoms with Gasteiger partial charge in [0.25, 0.3) is 0 Å². The molecule has 2 fully saturated rings. The Hall–Kier alpha value is 0. The van der Waals surface area contributed by atoms with E-state index in [0.29, 0.717) is 5.41 Å². The third kappa shape index (κ3) is 2.27. The molecular formula is C13H24. The van der Waals surface area contributed by atoms with Crippen molar-refractivity contribution in [2.24, 2.45) is 23.2 Å². The fraction of sp³-hybridized carbons (Fsp3) is 1.00. The van der Waals surface area contributed by atoms with E-state index in [9.17, 15) is 0 Å². The summed E-state index contributed by atoms with van der Waals surface area (Å²) in [4.78, 5) is 0. The first kappa shape index (κ1) is 9.55. The van der Waals surface area contributed by atoms with E-state index in [4.69, 9.17) is 0 Å². The lowest BCUT2D eigenvalue weighted by molar-refractivity contribution is 0.0761. The smallest absolute Gasteiger partial charge is 0.0349 e. The first-order valence-electron chi connectivity index (χ1n) is 6.05. The van der Waals surface area contributed by atoms with Crippen LogP contribution < -0.4 is 0 Å². The van der Waals surface area contributed by atoms with Gasteiger partial charge in [-0.1, -0.05) is 33.6 Å². The van der Waals surface area contributed by atoms with Crippen LogP contribution in [0, 0.1) is 23.2 Å². The molecule has 0 spiro atoms. The molecule has 2 atom stereocenters. The Morgan fingerprint density at radius 2 is 1.77 bits per heavy atom. The molecule has 0 bridgehead atoms. The fourth-order valence-corrected chi connectivity index (χ4v) is 3.68. The van der Waals surface area contributed by atoms with Gasteiger partial charge in [0.15, 0.2) is 0 Å². The zero-order valence-corrected chi connectivity index (χ0v) is 9.47. The molecule has 2 aliphatic rings. The molecular weight excluding hydrogens is 156 g/mol. The van der Waals surface area contributed by atoms with Crippen molar-refractivity contribution in [2.45, 2.75) is 59.3 Å². The van der Waals surface area contributed by atoms with E-state index in [2.05, 4.69) is 20.8 Å². The lowest BCUT2D eigenvalue weighted by Gasteiger charge is -2.43. The van der Waals surface area contributed by atoms with Gasteiger partial charge in [0, 0.05) is 0 Å². The lowest BCUT2D eigenvalue weighted by Crippen LogP contribution is -2.32. The molecule has 0 N–H and O–H groups in total. The first-order valence-corrected chi connectivity index (χ1v) is 6.05. The van der Waals surface area contributed by atoms with E-state index in [1.165, 1.54) is 32.1 Å². The van der Waals surface area contributed by atoms with Crippen molar-refractivity contribution in [3.05, 3.63) is 0 Å². The van der Waals surface area contributed by atoms with E-state index in [1.54, 1.807) is 6.42 Å². The van der Waals surface area contributed by atoms with Crippen LogP contribution in [0.1, 0.15) is 59.3 Å². The van der Waals surface area contributed by atoms with Gasteiger partial charge in [-0.2, -0.15) is 0 Å². The Morgan fingerprint density at radius 1 is 1.08 bits per heavy atom. The third-order valence-corrected chi connectivity index (χ3v) is 4.15. The zero-order valence-electron chi connectivity index (χ0n) is 9.47. The topological polar surface area (TPSA) is 0 Å². The minimum absolute atomic E-state index is 0.689. The van der Waals surface area contributed by atoms with Crippen LogP contribution in [0.25, 0.3) is 0 Å². The van der Waals surface area contributed by atoms with Crippen molar-refractivity contribution in [3.63, 3.8) is 0 Å². The maximum Gasteiger partial charge on any atom is -0.0349 e. The molecule has 2 saturated carbocycles. The van der Waals surface area contributed by atoms with Gasteiger partial charge in [0.2, 0.25) is 0 Å². The maximum atomic E-state index is 2.42. The predicted octanol–water partition coefficient (Wildman–Crippen LogP) is 4.25. The second-order valence-corrected chi connectivity index (χ2v) is 6.46. The third-order valence-electron chi connectivity index (χ3n) is 4.15. The highest BCUT2D eigenvalue weighted by Gasteiger charge is 2.37. The first-order chi connectivity index (χ1) is 6.05. The van der Waals surface area contributed by atoms with Crippen LogP contribution in [0.4, 0.5) is 0 Å². The van der Waals surface area contributed by atoms with Crippen LogP contribution in [0.5, 0.6) is 0 Å². The standard InChI is InChI=1S/C13H24/c1-10-4-5-11(6-10)7-12-8-13(2,3)9-12/h10-12H,4-9H2,1-3H3. The largest absolute Gasteiger partial charge is 0.0625 e. The number of hydrogen-bond donors (Lipinski definition) is 0. The molecule has 0 aromatic carbocycles. The molecule has 0 radical (unpaired) electrons. The van der Waals surface area contributed by atoms with Crippen LogP contribution in [0.15, 0.2) is 0 Å². The van der Waals surface area contributed by atoms with Crippen LogP contribution in [0.3, 0.4) is 0 Å². The van der Waals surface area contributed by atoms with E-state index >= 15 is 0 Å². The van der Waals surface area contributed by atoms with Crippen LogP contribution >= 0.6 is 0 Å². The predicted molar refractivity (Wildman–Crippen MR) is 57.6 cm³/mol. The van der Waals surface area contributed by atoms with Crippen molar-refractivity contribution in [1.82, 2.24) is 0 Å². The lowest BCUT2D eigenvalue weighted by atomic mass is 9.62. The SMILES string of the molecule is CC1CCC(CC2CC(C)(C)C2)C1. The zero-order chi connectivity index (χ0) is 9.47. The average molecular weight is 180 g/mol. The van der Waals surface area contributed by atoms with E-state index in [1.807, 2.05) is 0 Å². The quantitative estimate of drug-likeness (QED) is 0.596. The molecule has 0 nitrogen and oxygen atoms in total. The summed E-state index contributed by atoms with van der Waals surface area (Å²) in [5.74, 6) is 3.21. The Labute approximate surface area is 83.1 Å². The van der Waals surface area contributed by atoms with Crippen molar-refractivity contribution in [3.8, 4) is 0 Å². The maximum absolute atomic E-state index is 2.42. The minimum atomic E-state index is 0.689. The molecule has 0 aromatic heterocycles. The second kappa shape index (κ2) is 3.29. The normalized spacial score (nSPS) is 39.0. The second-order valence-electron chi connectivity index (χ2n) is 6.46. The number of hydrogen-bond acceptors (Lipinski definition) is 0. The molecule has 0 aromatic rings. The molecule has 13 heavy (non-hydrogen) atoms. The summed E-state index contributed by atoms with van der Waals surface area (Å²) in [6, 6.07) is 0.